The monoisotopic (exact) mass is 293 g/mol. The van der Waals surface area contributed by atoms with Crippen LogP contribution in [0, 0.1) is 5.92 Å². The number of hydrazine groups is 1. The molecule has 118 valence electrons. The van der Waals surface area contributed by atoms with E-state index in [0.29, 0.717) is 23.9 Å². The molecule has 7 nitrogen and oxygen atoms in total. The predicted molar refractivity (Wildman–Crippen MR) is 86.4 cm³/mol. The lowest BCUT2D eigenvalue weighted by molar-refractivity contribution is 0.559. The van der Waals surface area contributed by atoms with Crippen molar-refractivity contribution in [1.82, 2.24) is 15.0 Å². The first kappa shape index (κ1) is 15.8. The van der Waals surface area contributed by atoms with E-state index >= 15 is 0 Å². The highest BCUT2D eigenvalue weighted by Crippen LogP contribution is 2.21. The molecule has 0 bridgehead atoms. The quantitative estimate of drug-likeness (QED) is 0.609. The van der Waals surface area contributed by atoms with Crippen LogP contribution in [0.1, 0.15) is 40.5 Å². The molecule has 1 saturated heterocycles. The molecule has 7 heteroatoms. The lowest BCUT2D eigenvalue weighted by Gasteiger charge is -2.29. The third-order valence-electron chi connectivity index (χ3n) is 3.57. The maximum atomic E-state index is 5.52. The Balaban J connectivity index is 2.33. The van der Waals surface area contributed by atoms with Crippen LogP contribution in [0.25, 0.3) is 0 Å². The van der Waals surface area contributed by atoms with Crippen LogP contribution in [0.2, 0.25) is 0 Å². The Morgan fingerprint density at radius 3 is 2.33 bits per heavy atom. The van der Waals surface area contributed by atoms with Gasteiger partial charge in [-0.2, -0.15) is 15.0 Å². The van der Waals surface area contributed by atoms with Crippen LogP contribution < -0.4 is 21.1 Å². The molecule has 1 aromatic rings. The van der Waals surface area contributed by atoms with E-state index in [4.69, 9.17) is 5.84 Å². The Labute approximate surface area is 126 Å². The van der Waals surface area contributed by atoms with E-state index in [9.17, 15) is 0 Å². The second-order valence-corrected chi connectivity index (χ2v) is 6.24. The normalized spacial score (nSPS) is 15.1. The first-order valence-corrected chi connectivity index (χ1v) is 7.75. The summed E-state index contributed by atoms with van der Waals surface area (Å²) in [6.07, 6.45) is 2.37. The number of hydrogen-bond acceptors (Lipinski definition) is 7. The number of nitrogens with two attached hydrogens (primary N) is 1. The van der Waals surface area contributed by atoms with Crippen molar-refractivity contribution in [3.8, 4) is 0 Å². The molecule has 1 fully saturated rings. The third kappa shape index (κ3) is 3.93. The van der Waals surface area contributed by atoms with E-state index in [1.54, 1.807) is 0 Å². The molecule has 1 aromatic heterocycles. The van der Waals surface area contributed by atoms with E-state index in [1.807, 2.05) is 0 Å². The molecule has 2 rings (SSSR count). The number of anilines is 3. The Morgan fingerprint density at radius 1 is 1.14 bits per heavy atom. The van der Waals surface area contributed by atoms with Crippen molar-refractivity contribution >= 4 is 17.8 Å². The van der Waals surface area contributed by atoms with Gasteiger partial charge < -0.3 is 9.80 Å². The molecule has 0 spiro atoms. The van der Waals surface area contributed by atoms with Gasteiger partial charge in [-0.1, -0.05) is 13.8 Å². The summed E-state index contributed by atoms with van der Waals surface area (Å²) in [5.74, 6) is 7.91. The largest absolute Gasteiger partial charge is 0.341 e. The maximum Gasteiger partial charge on any atom is 0.243 e. The summed E-state index contributed by atoms with van der Waals surface area (Å²) >= 11 is 0. The van der Waals surface area contributed by atoms with Gasteiger partial charge in [-0.25, -0.2) is 5.84 Å². The van der Waals surface area contributed by atoms with E-state index in [1.165, 1.54) is 12.8 Å². The minimum atomic E-state index is 0.326. The van der Waals surface area contributed by atoms with Crippen molar-refractivity contribution in [2.45, 2.75) is 46.6 Å². The molecule has 0 atom stereocenters. The van der Waals surface area contributed by atoms with Gasteiger partial charge in [0, 0.05) is 25.7 Å². The molecule has 0 aromatic carbocycles. The number of nitrogens with one attached hydrogen (secondary N) is 1. The minimum absolute atomic E-state index is 0.326. The molecular weight excluding hydrogens is 266 g/mol. The number of nitrogens with zero attached hydrogens (tertiary/aromatic N) is 5. The second-order valence-electron chi connectivity index (χ2n) is 6.24. The van der Waals surface area contributed by atoms with E-state index in [0.717, 1.165) is 25.6 Å². The average molecular weight is 293 g/mol. The van der Waals surface area contributed by atoms with Gasteiger partial charge in [0.2, 0.25) is 17.8 Å². The van der Waals surface area contributed by atoms with Crippen LogP contribution >= 0.6 is 0 Å². The predicted octanol–water partition coefficient (Wildman–Crippen LogP) is 1.63. The zero-order valence-corrected chi connectivity index (χ0v) is 13.5. The van der Waals surface area contributed by atoms with Gasteiger partial charge in [-0.3, -0.25) is 5.43 Å². The molecule has 0 aliphatic carbocycles. The summed E-state index contributed by atoms with van der Waals surface area (Å²) in [6.45, 7) is 11.6. The Bertz CT molecular complexity index is 455. The number of hydrogen-bond donors (Lipinski definition) is 2. The van der Waals surface area contributed by atoms with Crippen molar-refractivity contribution in [2.24, 2.45) is 11.8 Å². The van der Waals surface area contributed by atoms with Crippen LogP contribution in [0.5, 0.6) is 0 Å². The van der Waals surface area contributed by atoms with E-state index in [2.05, 4.69) is 57.9 Å². The van der Waals surface area contributed by atoms with Crippen molar-refractivity contribution in [3.63, 3.8) is 0 Å². The fraction of sp³-hybridized carbons (Fsp3) is 0.786. The Kier molecular flexibility index (Phi) is 5.17. The summed E-state index contributed by atoms with van der Waals surface area (Å²) in [5, 5.41) is 0. The summed E-state index contributed by atoms with van der Waals surface area (Å²) in [6, 6.07) is 0.326. The molecule has 0 saturated carbocycles. The topological polar surface area (TPSA) is 83.2 Å². The number of aromatic nitrogens is 3. The van der Waals surface area contributed by atoms with Crippen LogP contribution in [-0.4, -0.2) is 40.6 Å². The molecule has 3 N–H and O–H groups in total. The van der Waals surface area contributed by atoms with Gasteiger partial charge in [0.15, 0.2) is 0 Å². The SMILES string of the molecule is CC(C)CN(c1nc(NN)nc(N2CCCC2)n1)C(C)C. The van der Waals surface area contributed by atoms with Gasteiger partial charge >= 0.3 is 0 Å². The lowest BCUT2D eigenvalue weighted by Crippen LogP contribution is -2.36. The first-order valence-electron chi connectivity index (χ1n) is 7.75. The van der Waals surface area contributed by atoms with Crippen LogP contribution in [-0.2, 0) is 0 Å². The van der Waals surface area contributed by atoms with Crippen molar-refractivity contribution in [1.29, 1.82) is 0 Å². The smallest absolute Gasteiger partial charge is 0.243 e. The minimum Gasteiger partial charge on any atom is -0.341 e. The summed E-state index contributed by atoms with van der Waals surface area (Å²) in [4.78, 5) is 17.9. The zero-order valence-electron chi connectivity index (χ0n) is 13.5. The standard InChI is InChI=1S/C14H27N7/c1-10(2)9-21(11(3)4)14-17-12(19-15)16-13(18-14)20-7-5-6-8-20/h10-11H,5-9,15H2,1-4H3,(H,16,17,18,19). The number of nitrogen functional groups attached to an aromatic ring is 1. The lowest BCUT2D eigenvalue weighted by atomic mass is 10.2. The highest BCUT2D eigenvalue weighted by atomic mass is 15.4. The van der Waals surface area contributed by atoms with E-state index in [-0.39, 0.29) is 0 Å². The molecule has 0 unspecified atom stereocenters. The van der Waals surface area contributed by atoms with Crippen molar-refractivity contribution in [3.05, 3.63) is 0 Å². The van der Waals surface area contributed by atoms with Crippen LogP contribution in [0.4, 0.5) is 17.8 Å². The summed E-state index contributed by atoms with van der Waals surface area (Å²) in [7, 11) is 0. The Hall–Kier alpha value is -1.63. The molecule has 1 aliphatic rings. The third-order valence-corrected chi connectivity index (χ3v) is 3.57. The van der Waals surface area contributed by atoms with Crippen LogP contribution in [0.15, 0.2) is 0 Å². The second kappa shape index (κ2) is 6.89. The van der Waals surface area contributed by atoms with Gasteiger partial charge in [0.05, 0.1) is 0 Å². The number of rotatable bonds is 6. The van der Waals surface area contributed by atoms with Gasteiger partial charge in [-0.15, -0.1) is 0 Å². The average Bonchev–Trinajstić information content (AvgIpc) is 2.98. The molecule has 0 radical (unpaired) electrons. The Morgan fingerprint density at radius 2 is 1.81 bits per heavy atom. The van der Waals surface area contributed by atoms with Crippen molar-refractivity contribution < 1.29 is 0 Å². The maximum absolute atomic E-state index is 5.52. The highest BCUT2D eigenvalue weighted by Gasteiger charge is 2.21. The molecule has 0 amide bonds. The molecular formula is C14H27N7. The van der Waals surface area contributed by atoms with Gasteiger partial charge in [0.1, 0.15) is 0 Å². The summed E-state index contributed by atoms with van der Waals surface area (Å²) in [5.41, 5.74) is 2.56. The van der Waals surface area contributed by atoms with Crippen LogP contribution in [0.3, 0.4) is 0 Å². The van der Waals surface area contributed by atoms with Gasteiger partial charge in [0.25, 0.3) is 0 Å². The van der Waals surface area contributed by atoms with Gasteiger partial charge in [-0.05, 0) is 32.6 Å². The molecule has 1 aliphatic heterocycles. The first-order chi connectivity index (χ1) is 10.0. The fourth-order valence-electron chi connectivity index (χ4n) is 2.52. The zero-order chi connectivity index (χ0) is 15.4. The molecule has 21 heavy (non-hydrogen) atoms. The van der Waals surface area contributed by atoms with Crippen molar-refractivity contribution in [2.75, 3.05) is 34.9 Å². The van der Waals surface area contributed by atoms with E-state index < -0.39 is 0 Å². The summed E-state index contributed by atoms with van der Waals surface area (Å²) < 4.78 is 0. The highest BCUT2D eigenvalue weighted by molar-refractivity contribution is 5.45. The molecule has 2 heterocycles. The fourth-order valence-corrected chi connectivity index (χ4v) is 2.52.